The van der Waals surface area contributed by atoms with Gasteiger partial charge in [-0.25, -0.2) is 14.6 Å². The first-order valence-electron chi connectivity index (χ1n) is 10.3. The summed E-state index contributed by atoms with van der Waals surface area (Å²) in [6, 6.07) is 18.4. The number of hydrogen-bond donors (Lipinski definition) is 1. The van der Waals surface area contributed by atoms with Gasteiger partial charge in [0.15, 0.2) is 0 Å². The van der Waals surface area contributed by atoms with E-state index in [2.05, 4.69) is 17.1 Å². The lowest BCUT2D eigenvalue weighted by molar-refractivity contribution is -0.142. The van der Waals surface area contributed by atoms with Gasteiger partial charge >= 0.3 is 12.1 Å². The maximum absolute atomic E-state index is 12.8. The van der Waals surface area contributed by atoms with Crippen LogP contribution in [-0.4, -0.2) is 53.9 Å². The molecule has 1 aliphatic carbocycles. The summed E-state index contributed by atoms with van der Waals surface area (Å²) in [5.41, 5.74) is 5.16. The summed E-state index contributed by atoms with van der Waals surface area (Å²) in [6.07, 6.45) is 0.968. The number of benzene rings is 2. The lowest BCUT2D eigenvalue weighted by Gasteiger charge is -2.25. The number of carbonyl (C=O) groups excluding carboxylic acids is 1. The summed E-state index contributed by atoms with van der Waals surface area (Å²) in [4.78, 5) is 29.8. The van der Waals surface area contributed by atoms with Gasteiger partial charge in [-0.3, -0.25) is 4.90 Å². The lowest BCUT2D eigenvalue weighted by atomic mass is 9.98. The molecule has 0 bridgehead atoms. The summed E-state index contributed by atoms with van der Waals surface area (Å²) >= 11 is 0. The number of amides is 1. The molecule has 4 rings (SSSR count). The third-order valence-corrected chi connectivity index (χ3v) is 5.81. The minimum absolute atomic E-state index is 0.0903. The molecular formula is C25H24N2O5. The Hall–Kier alpha value is -3.87. The molecule has 1 aromatic heterocycles. The van der Waals surface area contributed by atoms with Crippen LogP contribution in [0.2, 0.25) is 0 Å². The number of carboxylic acid groups (broad SMARTS) is 1. The topological polar surface area (TPSA) is 89.0 Å². The normalized spacial score (nSPS) is 13.1. The van der Waals surface area contributed by atoms with E-state index in [-0.39, 0.29) is 18.9 Å². The fraction of sp³-hybridized carbons (Fsp3) is 0.240. The Labute approximate surface area is 186 Å². The Kier molecular flexibility index (Phi) is 6.07. The van der Waals surface area contributed by atoms with Crippen molar-refractivity contribution < 1.29 is 24.2 Å². The van der Waals surface area contributed by atoms with E-state index in [1.807, 2.05) is 36.4 Å². The summed E-state index contributed by atoms with van der Waals surface area (Å²) in [7, 11) is 2.93. The van der Waals surface area contributed by atoms with Crippen LogP contribution in [0, 0.1) is 0 Å². The van der Waals surface area contributed by atoms with Gasteiger partial charge in [0.05, 0.1) is 7.11 Å². The highest BCUT2D eigenvalue weighted by Gasteiger charge is 2.32. The molecular weight excluding hydrogens is 408 g/mol. The highest BCUT2D eigenvalue weighted by molar-refractivity contribution is 5.81. The number of ether oxygens (including phenoxy) is 2. The molecule has 1 amide bonds. The van der Waals surface area contributed by atoms with Gasteiger partial charge in [0, 0.05) is 31.6 Å². The van der Waals surface area contributed by atoms with Crippen LogP contribution in [0.1, 0.15) is 22.6 Å². The van der Waals surface area contributed by atoms with Crippen LogP contribution >= 0.6 is 0 Å². The molecule has 1 N–H and O–H groups in total. The molecule has 0 radical (unpaired) electrons. The zero-order valence-corrected chi connectivity index (χ0v) is 17.9. The van der Waals surface area contributed by atoms with Crippen molar-refractivity contribution in [3.63, 3.8) is 0 Å². The summed E-state index contributed by atoms with van der Waals surface area (Å²) in [6.45, 7) is 0.132. The minimum atomic E-state index is -1.11. The average molecular weight is 432 g/mol. The maximum atomic E-state index is 12.8. The van der Waals surface area contributed by atoms with Gasteiger partial charge < -0.3 is 14.6 Å². The Morgan fingerprint density at radius 2 is 1.69 bits per heavy atom. The smallest absolute Gasteiger partial charge is 0.410 e. The molecule has 0 fully saturated rings. The Morgan fingerprint density at radius 3 is 2.28 bits per heavy atom. The predicted octanol–water partition coefficient (Wildman–Crippen LogP) is 3.97. The second-order valence-electron chi connectivity index (χ2n) is 7.68. The first-order chi connectivity index (χ1) is 15.5. The molecule has 0 saturated heterocycles. The number of pyridine rings is 1. The van der Waals surface area contributed by atoms with Crippen LogP contribution in [0.5, 0.6) is 5.88 Å². The quantitative estimate of drug-likeness (QED) is 0.608. The molecule has 3 aromatic rings. The first kappa shape index (κ1) is 21.4. The molecule has 1 atom stereocenters. The molecule has 32 heavy (non-hydrogen) atoms. The van der Waals surface area contributed by atoms with E-state index < -0.39 is 18.1 Å². The average Bonchev–Trinajstić information content (AvgIpc) is 3.14. The minimum Gasteiger partial charge on any atom is -0.481 e. The van der Waals surface area contributed by atoms with Crippen LogP contribution in [0.25, 0.3) is 11.1 Å². The van der Waals surface area contributed by atoms with Crippen molar-refractivity contribution in [2.45, 2.75) is 18.4 Å². The Morgan fingerprint density at radius 1 is 1.06 bits per heavy atom. The standard InChI is InChI=1S/C25H24N2O5/c1-27(22(24(28)29)13-16-11-12-26-23(14-16)31-2)25(30)32-15-21-19-9-5-3-7-17(19)18-8-4-6-10-20(18)21/h3-12,14,21-22H,13,15H2,1-2H3,(H,28,29)/t22-/m0/s1. The van der Waals surface area contributed by atoms with Crippen molar-refractivity contribution in [3.05, 3.63) is 83.6 Å². The van der Waals surface area contributed by atoms with Crippen molar-refractivity contribution in [3.8, 4) is 17.0 Å². The number of hydrogen-bond acceptors (Lipinski definition) is 5. The Balaban J connectivity index is 1.47. The molecule has 2 aromatic carbocycles. The van der Waals surface area contributed by atoms with E-state index in [4.69, 9.17) is 9.47 Å². The number of carbonyl (C=O) groups is 2. The van der Waals surface area contributed by atoms with Gasteiger partial charge in [-0.05, 0) is 33.9 Å². The second kappa shape index (κ2) is 9.09. The molecule has 164 valence electrons. The fourth-order valence-corrected chi connectivity index (χ4v) is 4.13. The second-order valence-corrected chi connectivity index (χ2v) is 7.68. The number of carboxylic acids is 1. The number of rotatable bonds is 7. The van der Waals surface area contributed by atoms with Crippen LogP contribution in [0.15, 0.2) is 66.9 Å². The number of likely N-dealkylation sites (N-methyl/N-ethyl adjacent to an activating group) is 1. The molecule has 7 heteroatoms. The van der Waals surface area contributed by atoms with Gasteiger partial charge in [-0.2, -0.15) is 0 Å². The van der Waals surface area contributed by atoms with E-state index >= 15 is 0 Å². The Bertz CT molecular complexity index is 1100. The van der Waals surface area contributed by atoms with Crippen LogP contribution in [-0.2, 0) is 16.0 Å². The van der Waals surface area contributed by atoms with Crippen molar-refractivity contribution in [1.82, 2.24) is 9.88 Å². The van der Waals surface area contributed by atoms with Gasteiger partial charge in [-0.15, -0.1) is 0 Å². The zero-order chi connectivity index (χ0) is 22.7. The number of fused-ring (bicyclic) bond motifs is 3. The van der Waals surface area contributed by atoms with Crippen molar-refractivity contribution >= 4 is 12.1 Å². The lowest BCUT2D eigenvalue weighted by Crippen LogP contribution is -2.44. The largest absolute Gasteiger partial charge is 0.481 e. The van der Waals surface area contributed by atoms with E-state index in [0.29, 0.717) is 11.4 Å². The monoisotopic (exact) mass is 432 g/mol. The first-order valence-corrected chi connectivity index (χ1v) is 10.3. The summed E-state index contributed by atoms with van der Waals surface area (Å²) < 4.78 is 10.7. The van der Waals surface area contributed by atoms with Crippen molar-refractivity contribution in [1.29, 1.82) is 0 Å². The predicted molar refractivity (Wildman–Crippen MR) is 119 cm³/mol. The highest BCUT2D eigenvalue weighted by atomic mass is 16.6. The summed E-state index contributed by atoms with van der Waals surface area (Å²) in [5.74, 6) is -0.820. The molecule has 1 aliphatic rings. The zero-order valence-electron chi connectivity index (χ0n) is 17.9. The van der Waals surface area contributed by atoms with Gasteiger partial charge in [0.25, 0.3) is 0 Å². The summed E-state index contributed by atoms with van der Waals surface area (Å²) in [5, 5.41) is 9.72. The van der Waals surface area contributed by atoms with E-state index in [1.165, 1.54) is 14.2 Å². The molecule has 0 aliphatic heterocycles. The van der Waals surface area contributed by atoms with E-state index in [0.717, 1.165) is 27.2 Å². The number of methoxy groups -OCH3 is 1. The molecule has 0 unspecified atom stereocenters. The number of aromatic nitrogens is 1. The maximum Gasteiger partial charge on any atom is 0.410 e. The van der Waals surface area contributed by atoms with Gasteiger partial charge in [0.2, 0.25) is 5.88 Å². The van der Waals surface area contributed by atoms with E-state index in [1.54, 1.807) is 18.3 Å². The number of aliphatic carboxylic acids is 1. The molecule has 0 spiro atoms. The molecule has 7 nitrogen and oxygen atoms in total. The van der Waals surface area contributed by atoms with Crippen LogP contribution in [0.3, 0.4) is 0 Å². The van der Waals surface area contributed by atoms with Crippen LogP contribution in [0.4, 0.5) is 4.79 Å². The van der Waals surface area contributed by atoms with Crippen molar-refractivity contribution in [2.24, 2.45) is 0 Å². The highest BCUT2D eigenvalue weighted by Crippen LogP contribution is 2.44. The van der Waals surface area contributed by atoms with Crippen LogP contribution < -0.4 is 4.74 Å². The molecule has 0 saturated carbocycles. The molecule has 1 heterocycles. The third kappa shape index (κ3) is 4.14. The van der Waals surface area contributed by atoms with Crippen molar-refractivity contribution in [2.75, 3.05) is 20.8 Å². The van der Waals surface area contributed by atoms with Gasteiger partial charge in [-0.1, -0.05) is 48.5 Å². The number of nitrogens with zero attached hydrogens (tertiary/aromatic N) is 2. The van der Waals surface area contributed by atoms with E-state index in [9.17, 15) is 14.7 Å². The SMILES string of the molecule is COc1cc(C[C@@H](C(=O)O)N(C)C(=O)OCC2c3ccccc3-c3ccccc32)ccn1. The van der Waals surface area contributed by atoms with Gasteiger partial charge in [0.1, 0.15) is 12.6 Å². The fourth-order valence-electron chi connectivity index (χ4n) is 4.13. The third-order valence-electron chi connectivity index (χ3n) is 5.81.